The Labute approximate surface area is 356 Å². The molecule has 0 N–H and O–H groups in total. The zero-order chi connectivity index (χ0) is 40.4. The fourth-order valence-electron chi connectivity index (χ4n) is 10.2. The Kier molecular flexibility index (Phi) is 7.23. The first-order valence-electron chi connectivity index (χ1n) is 20.9. The highest BCUT2D eigenvalue weighted by molar-refractivity contribution is 7.26. The van der Waals surface area contributed by atoms with Gasteiger partial charge in [-0.2, -0.15) is 0 Å². The summed E-state index contributed by atoms with van der Waals surface area (Å²) in [5.41, 5.74) is 16.2. The molecule has 0 unspecified atom stereocenters. The number of thiophene rings is 1. The van der Waals surface area contributed by atoms with Crippen LogP contribution in [0.5, 0.6) is 0 Å². The Morgan fingerprint density at radius 2 is 1.11 bits per heavy atom. The predicted octanol–water partition coefficient (Wildman–Crippen LogP) is 17.0. The van der Waals surface area contributed by atoms with Crippen LogP contribution in [0.2, 0.25) is 0 Å². The van der Waals surface area contributed by atoms with Gasteiger partial charge in [0.2, 0.25) is 0 Å². The summed E-state index contributed by atoms with van der Waals surface area (Å²) < 4.78 is 16.6. The van der Waals surface area contributed by atoms with E-state index in [-0.39, 0.29) is 5.41 Å². The van der Waals surface area contributed by atoms with E-state index in [1.54, 1.807) is 0 Å². The lowest BCUT2D eigenvalue weighted by molar-refractivity contribution is 0.660. The molecular weight excluding hydrogens is 763 g/mol. The molecule has 12 aromatic rings. The third-order valence-corrected chi connectivity index (χ3v) is 14.3. The molecule has 0 aliphatic heterocycles. The standard InChI is InChI=1S/C57H37NO2S/c1-57(2)45-21-9-6-16-38(45)39-31-30-37(32-46(39)57)58(48-23-13-20-42-40-17-8-11-25-51(40)61-56(42)48)47-22-12-19-41-44-33-50-53(43-18-7-10-24-49(43)59-50)52(55(44)60-54(41)47)36-28-26-35(27-29-36)34-14-4-3-5-15-34/h3-33H,1-2H3. The summed E-state index contributed by atoms with van der Waals surface area (Å²) in [4.78, 5) is 2.44. The Bertz CT molecular complexity index is 3740. The zero-order valence-electron chi connectivity index (χ0n) is 33.6. The van der Waals surface area contributed by atoms with Gasteiger partial charge in [-0.25, -0.2) is 0 Å². The number of anilines is 3. The van der Waals surface area contributed by atoms with Crippen LogP contribution in [0.3, 0.4) is 0 Å². The molecule has 3 aromatic heterocycles. The first-order chi connectivity index (χ1) is 30.0. The van der Waals surface area contributed by atoms with Crippen molar-refractivity contribution in [1.82, 2.24) is 0 Å². The molecule has 3 heterocycles. The Balaban J connectivity index is 1.10. The van der Waals surface area contributed by atoms with Crippen LogP contribution in [0.25, 0.3) is 97.4 Å². The van der Waals surface area contributed by atoms with E-state index < -0.39 is 0 Å². The van der Waals surface area contributed by atoms with Gasteiger partial charge in [-0.3, -0.25) is 0 Å². The molecule has 0 fully saturated rings. The van der Waals surface area contributed by atoms with Crippen LogP contribution < -0.4 is 4.90 Å². The van der Waals surface area contributed by atoms with E-state index in [1.165, 1.54) is 53.6 Å². The third kappa shape index (κ3) is 4.97. The van der Waals surface area contributed by atoms with Gasteiger partial charge in [-0.1, -0.05) is 159 Å². The van der Waals surface area contributed by atoms with Crippen molar-refractivity contribution < 1.29 is 8.83 Å². The maximum atomic E-state index is 7.41. The maximum Gasteiger partial charge on any atom is 0.159 e. The van der Waals surface area contributed by atoms with Gasteiger partial charge in [0.05, 0.1) is 16.1 Å². The van der Waals surface area contributed by atoms with Gasteiger partial charge in [0, 0.05) is 53.7 Å². The first kappa shape index (κ1) is 34.5. The van der Waals surface area contributed by atoms with E-state index in [0.29, 0.717) is 0 Å². The summed E-state index contributed by atoms with van der Waals surface area (Å²) in [5, 5.41) is 6.72. The fraction of sp³-hybridized carbons (Fsp3) is 0.0526. The van der Waals surface area contributed by atoms with Crippen LogP contribution >= 0.6 is 11.3 Å². The number of nitrogens with zero attached hydrogens (tertiary/aromatic N) is 1. The minimum atomic E-state index is -0.162. The number of fused-ring (bicyclic) bond motifs is 12. The molecular formula is C57H37NO2S. The summed E-state index contributed by atoms with van der Waals surface area (Å²) in [6.07, 6.45) is 0. The lowest BCUT2D eigenvalue weighted by Gasteiger charge is -2.28. The van der Waals surface area contributed by atoms with E-state index >= 15 is 0 Å². The van der Waals surface area contributed by atoms with Crippen LogP contribution in [0.1, 0.15) is 25.0 Å². The van der Waals surface area contributed by atoms with E-state index in [0.717, 1.165) is 72.1 Å². The van der Waals surface area contributed by atoms with Crippen LogP contribution in [-0.4, -0.2) is 0 Å². The van der Waals surface area contributed by atoms with Crippen molar-refractivity contribution in [3.63, 3.8) is 0 Å². The van der Waals surface area contributed by atoms with Crippen LogP contribution in [0.15, 0.2) is 197 Å². The van der Waals surface area contributed by atoms with Gasteiger partial charge in [0.25, 0.3) is 0 Å². The molecule has 1 aliphatic carbocycles. The molecule has 9 aromatic carbocycles. The molecule has 13 rings (SSSR count). The predicted molar refractivity (Wildman–Crippen MR) is 257 cm³/mol. The largest absolute Gasteiger partial charge is 0.456 e. The van der Waals surface area contributed by atoms with Crippen molar-refractivity contribution in [2.75, 3.05) is 4.90 Å². The first-order valence-corrected chi connectivity index (χ1v) is 21.7. The van der Waals surface area contributed by atoms with Gasteiger partial charge in [-0.05, 0) is 81.4 Å². The summed E-state index contributed by atoms with van der Waals surface area (Å²) >= 11 is 1.85. The quantitative estimate of drug-likeness (QED) is 0.174. The van der Waals surface area contributed by atoms with Gasteiger partial charge < -0.3 is 13.7 Å². The second kappa shape index (κ2) is 12.8. The van der Waals surface area contributed by atoms with Crippen molar-refractivity contribution in [3.8, 4) is 33.4 Å². The van der Waals surface area contributed by atoms with Gasteiger partial charge in [0.1, 0.15) is 16.7 Å². The smallest absolute Gasteiger partial charge is 0.159 e. The molecule has 4 heteroatoms. The van der Waals surface area contributed by atoms with Gasteiger partial charge in [-0.15, -0.1) is 11.3 Å². The molecule has 3 nitrogen and oxygen atoms in total. The third-order valence-electron chi connectivity index (χ3n) is 13.1. The van der Waals surface area contributed by atoms with E-state index in [9.17, 15) is 0 Å². The molecule has 0 saturated heterocycles. The average molecular weight is 800 g/mol. The molecule has 0 amide bonds. The Hall–Kier alpha value is -7.40. The SMILES string of the molecule is CC1(C)c2ccccc2-c2ccc(N(c3cccc4c3oc3c(-c5ccc(-c6ccccc6)cc5)c5c(cc34)oc3ccccc35)c3cccc4c3sc3ccccc34)cc21. The average Bonchev–Trinajstić information content (AvgIpc) is 4.05. The lowest BCUT2D eigenvalue weighted by atomic mass is 9.82. The fourth-order valence-corrected chi connectivity index (χ4v) is 11.4. The van der Waals surface area contributed by atoms with Crippen molar-refractivity contribution in [2.24, 2.45) is 0 Å². The minimum Gasteiger partial charge on any atom is -0.456 e. The molecule has 0 bridgehead atoms. The lowest BCUT2D eigenvalue weighted by Crippen LogP contribution is -2.16. The number of furan rings is 2. The normalized spacial score (nSPS) is 13.2. The monoisotopic (exact) mass is 799 g/mol. The van der Waals surface area contributed by atoms with Crippen LogP contribution in [0, 0.1) is 0 Å². The second-order valence-electron chi connectivity index (χ2n) is 16.8. The molecule has 0 saturated carbocycles. The topological polar surface area (TPSA) is 29.5 Å². The highest BCUT2D eigenvalue weighted by Crippen LogP contribution is 2.54. The molecule has 0 atom stereocenters. The van der Waals surface area contributed by atoms with Crippen molar-refractivity contribution in [1.29, 1.82) is 0 Å². The van der Waals surface area contributed by atoms with Crippen molar-refractivity contribution in [2.45, 2.75) is 19.3 Å². The number of hydrogen-bond acceptors (Lipinski definition) is 4. The van der Waals surface area contributed by atoms with E-state index in [2.05, 4.69) is 201 Å². The van der Waals surface area contributed by atoms with Crippen LogP contribution in [0.4, 0.5) is 17.1 Å². The van der Waals surface area contributed by atoms with Crippen LogP contribution in [-0.2, 0) is 5.41 Å². The highest BCUT2D eigenvalue weighted by atomic mass is 32.1. The zero-order valence-corrected chi connectivity index (χ0v) is 34.4. The second-order valence-corrected chi connectivity index (χ2v) is 17.8. The summed E-state index contributed by atoms with van der Waals surface area (Å²) in [5.74, 6) is 0. The van der Waals surface area contributed by atoms with Gasteiger partial charge >= 0.3 is 0 Å². The van der Waals surface area contributed by atoms with E-state index in [1.807, 2.05) is 17.4 Å². The molecule has 1 aliphatic rings. The van der Waals surface area contributed by atoms with Gasteiger partial charge in [0.15, 0.2) is 5.58 Å². The Morgan fingerprint density at radius 3 is 1.98 bits per heavy atom. The molecule has 0 spiro atoms. The number of hydrogen-bond donors (Lipinski definition) is 0. The summed E-state index contributed by atoms with van der Waals surface area (Å²) in [6, 6.07) is 67.9. The molecule has 0 radical (unpaired) electrons. The number of para-hydroxylation sites is 2. The van der Waals surface area contributed by atoms with Crippen molar-refractivity contribution >= 4 is 92.4 Å². The molecule has 61 heavy (non-hydrogen) atoms. The van der Waals surface area contributed by atoms with Crippen molar-refractivity contribution in [3.05, 3.63) is 199 Å². The summed E-state index contributed by atoms with van der Waals surface area (Å²) in [6.45, 7) is 4.71. The molecule has 288 valence electrons. The summed E-state index contributed by atoms with van der Waals surface area (Å²) in [7, 11) is 0. The Morgan fingerprint density at radius 1 is 0.443 bits per heavy atom. The minimum absolute atomic E-state index is 0.162. The maximum absolute atomic E-state index is 7.41. The highest BCUT2D eigenvalue weighted by Gasteiger charge is 2.36. The number of rotatable bonds is 5. The van der Waals surface area contributed by atoms with E-state index in [4.69, 9.17) is 8.83 Å². The number of benzene rings is 9.